The van der Waals surface area contributed by atoms with Crippen molar-refractivity contribution in [3.8, 4) is 0 Å². The van der Waals surface area contributed by atoms with Crippen LogP contribution in [0.4, 0.5) is 43.9 Å². The van der Waals surface area contributed by atoms with Crippen LogP contribution in [0, 0.1) is 70.3 Å². The predicted octanol–water partition coefficient (Wildman–Crippen LogP) is 1.62. The second-order valence-corrected chi connectivity index (χ2v) is 11.3. The Bertz CT molecular complexity index is 1430. The molecule has 1 radical (unpaired) electrons. The van der Waals surface area contributed by atoms with Crippen LogP contribution in [-0.4, -0.2) is 20.6 Å². The van der Waals surface area contributed by atoms with Crippen molar-refractivity contribution in [3.63, 3.8) is 0 Å². The summed E-state index contributed by atoms with van der Waals surface area (Å²) in [5.41, 5.74) is 1.15. The second-order valence-electron chi connectivity index (χ2n) is 8.88. The number of fused-ring (bicyclic) bond motifs is 1. The average molecular weight is 761 g/mol. The van der Waals surface area contributed by atoms with E-state index in [4.69, 9.17) is 0 Å². The molecule has 2 aliphatic carbocycles. The zero-order valence-electron chi connectivity index (χ0n) is 22.9. The Kier molecular flexibility index (Phi) is 17.6. The predicted molar refractivity (Wildman–Crippen MR) is 139 cm³/mol. The van der Waals surface area contributed by atoms with Crippen molar-refractivity contribution in [2.75, 3.05) is 13.3 Å². The molecular formula is C29H19BCl2F10PZr. The molecule has 0 fully saturated rings. The van der Waals surface area contributed by atoms with E-state index in [2.05, 4.69) is 62.7 Å². The van der Waals surface area contributed by atoms with Crippen LogP contribution in [0.1, 0.15) is 30.1 Å². The van der Waals surface area contributed by atoms with Gasteiger partial charge < -0.3 is 24.8 Å². The van der Waals surface area contributed by atoms with Gasteiger partial charge in [-0.05, 0) is 29.9 Å². The summed E-state index contributed by atoms with van der Waals surface area (Å²) >= 11 is 0. The molecule has 3 aromatic carbocycles. The molecule has 1 unspecified atom stereocenters. The zero-order chi connectivity index (χ0) is 30.6. The van der Waals surface area contributed by atoms with E-state index >= 15 is 0 Å². The van der Waals surface area contributed by atoms with Crippen LogP contribution in [0.2, 0.25) is 0 Å². The molecule has 0 saturated carbocycles. The third-order valence-corrected chi connectivity index (χ3v) is 7.57. The molecule has 0 spiro atoms. The summed E-state index contributed by atoms with van der Waals surface area (Å²) in [7, 11) is -0.296. The second kappa shape index (κ2) is 18.3. The zero-order valence-corrected chi connectivity index (χ0v) is 27.8. The Morgan fingerprint density at radius 1 is 0.682 bits per heavy atom. The summed E-state index contributed by atoms with van der Waals surface area (Å²) in [5.74, 6) is -24.9. The molecule has 0 aromatic heterocycles. The van der Waals surface area contributed by atoms with Crippen LogP contribution in [0.15, 0.2) is 48.1 Å². The summed E-state index contributed by atoms with van der Waals surface area (Å²) in [6.07, 6.45) is 13.5. The van der Waals surface area contributed by atoms with Gasteiger partial charge in [0.2, 0.25) is 7.28 Å². The summed E-state index contributed by atoms with van der Waals surface area (Å²) in [6.45, 7) is 6.88. The molecule has 15 heteroatoms. The molecule has 3 aromatic rings. The van der Waals surface area contributed by atoms with Crippen LogP contribution in [0.3, 0.4) is 0 Å². The minimum atomic E-state index is -2.55. The Morgan fingerprint density at radius 2 is 1.09 bits per heavy atom. The van der Waals surface area contributed by atoms with Gasteiger partial charge >= 0.3 is 26.2 Å². The van der Waals surface area contributed by atoms with Gasteiger partial charge in [-0.15, -0.1) is 37.6 Å². The molecule has 0 bridgehead atoms. The number of allylic oxidation sites excluding steroid dienone is 5. The molecule has 0 aliphatic heterocycles. The van der Waals surface area contributed by atoms with Gasteiger partial charge in [0.15, 0.2) is 58.2 Å². The van der Waals surface area contributed by atoms with E-state index in [9.17, 15) is 43.9 Å². The largest absolute Gasteiger partial charge is 4.00 e. The van der Waals surface area contributed by atoms with Crippen molar-refractivity contribution < 1.29 is 94.9 Å². The van der Waals surface area contributed by atoms with Crippen molar-refractivity contribution >= 4 is 26.1 Å². The normalized spacial score (nSPS) is 13.8. The molecule has 44 heavy (non-hydrogen) atoms. The Hall–Kier alpha value is -1.86. The van der Waals surface area contributed by atoms with Crippen LogP contribution in [0.5, 0.6) is 0 Å². The summed E-state index contributed by atoms with van der Waals surface area (Å²) in [6, 6.07) is 8.63. The van der Waals surface area contributed by atoms with Gasteiger partial charge in [0.05, 0.1) is 0 Å². The number of benzene rings is 3. The quantitative estimate of drug-likeness (QED) is 0.0953. The standard InChI is InChI=1S/C12BF10.C12H14P.C5H5.2ClH.Zr/c14-3-1(4(15)8(19)11(22)7(3)18)13-2-5(16)9(20)12(23)10(21)6(2)17;1-9-8-10-6-4-5-7-11(10)12(9)13(2)3;1-2-4-5-3-1;;;/h;4-7,12H,1-3H3;1-3H,4H2;2*1H;/q;2*-1;;;+4/p-2. The molecule has 0 saturated heterocycles. The van der Waals surface area contributed by atoms with E-state index in [1.807, 2.05) is 12.2 Å². The topological polar surface area (TPSA) is 0 Å². The molecule has 1 atom stereocenters. The van der Waals surface area contributed by atoms with Crippen molar-refractivity contribution in [1.82, 2.24) is 0 Å². The first-order valence-corrected chi connectivity index (χ1v) is 14.0. The Labute approximate surface area is 281 Å². The summed E-state index contributed by atoms with van der Waals surface area (Å²) in [5, 5.41) is 0. The first-order chi connectivity index (χ1) is 19.3. The van der Waals surface area contributed by atoms with E-state index in [1.54, 1.807) is 0 Å². The monoisotopic (exact) mass is 759 g/mol. The van der Waals surface area contributed by atoms with Crippen molar-refractivity contribution in [2.45, 2.75) is 19.0 Å². The van der Waals surface area contributed by atoms with E-state index in [0.29, 0.717) is 5.66 Å². The number of hydrogen-bond acceptors (Lipinski definition) is 0. The van der Waals surface area contributed by atoms with Crippen LogP contribution >= 0.6 is 7.92 Å². The van der Waals surface area contributed by atoms with Crippen molar-refractivity contribution in [1.29, 1.82) is 0 Å². The van der Waals surface area contributed by atoms with Crippen LogP contribution in [-0.2, 0) is 26.2 Å². The molecular weight excluding hydrogens is 742 g/mol. The van der Waals surface area contributed by atoms with Gasteiger partial charge in [0.1, 0.15) is 0 Å². The molecule has 0 nitrogen and oxygen atoms in total. The summed E-state index contributed by atoms with van der Waals surface area (Å²) in [4.78, 5) is 0. The fourth-order valence-corrected chi connectivity index (χ4v) is 5.63. The molecule has 2 aliphatic rings. The third-order valence-electron chi connectivity index (χ3n) is 5.88. The SMILES string of the molecule is CC1=[C-]c2ccccc2C1P(C)C.Fc1c(F)c(F)c([B]c2c(F)c(F)c(F)c(F)c2F)c(F)c1F.[C-]1=CC=CC1.[Cl-].[Cl-].[Zr+4]. The minimum absolute atomic E-state index is 0. The fourth-order valence-electron chi connectivity index (χ4n) is 4.01. The van der Waals surface area contributed by atoms with Gasteiger partial charge in [-0.2, -0.15) is 23.8 Å². The minimum Gasteiger partial charge on any atom is -1.00 e. The number of hydrogen-bond donors (Lipinski definition) is 0. The van der Waals surface area contributed by atoms with Gasteiger partial charge in [-0.25, -0.2) is 56.1 Å². The fraction of sp³-hybridized carbons (Fsp3) is 0.172. The first-order valence-electron chi connectivity index (χ1n) is 11.7. The third kappa shape index (κ3) is 9.11. The Morgan fingerprint density at radius 3 is 1.43 bits per heavy atom. The van der Waals surface area contributed by atoms with Crippen molar-refractivity contribution in [2.24, 2.45) is 0 Å². The van der Waals surface area contributed by atoms with Gasteiger partial charge in [0.25, 0.3) is 0 Å². The van der Waals surface area contributed by atoms with E-state index in [-0.39, 0.29) is 66.2 Å². The van der Waals surface area contributed by atoms with Gasteiger partial charge in [-0.3, -0.25) is 6.08 Å². The summed E-state index contributed by atoms with van der Waals surface area (Å²) < 4.78 is 131. The average Bonchev–Trinajstić information content (AvgIpc) is 3.64. The van der Waals surface area contributed by atoms with E-state index in [0.717, 1.165) is 6.42 Å². The molecule has 5 rings (SSSR count). The molecule has 0 amide bonds. The van der Waals surface area contributed by atoms with Crippen LogP contribution in [0.25, 0.3) is 0 Å². The van der Waals surface area contributed by atoms with Gasteiger partial charge in [-0.1, -0.05) is 13.0 Å². The molecule has 231 valence electrons. The van der Waals surface area contributed by atoms with E-state index < -0.39 is 69.1 Å². The maximum Gasteiger partial charge on any atom is 4.00 e. The maximum atomic E-state index is 13.4. The van der Waals surface area contributed by atoms with Gasteiger partial charge in [0, 0.05) is 0 Å². The number of rotatable bonds is 3. The Balaban J connectivity index is 0.000000741. The van der Waals surface area contributed by atoms with E-state index in [1.165, 1.54) is 16.7 Å². The van der Waals surface area contributed by atoms with Crippen molar-refractivity contribution in [3.05, 3.63) is 130 Å². The maximum absolute atomic E-state index is 13.4. The first kappa shape index (κ1) is 42.1. The molecule has 0 N–H and O–H groups in total. The number of halogens is 12. The smallest absolute Gasteiger partial charge is 1.00 e. The van der Waals surface area contributed by atoms with Crippen LogP contribution < -0.4 is 35.7 Å². The molecule has 0 heterocycles.